The van der Waals surface area contributed by atoms with Gasteiger partial charge in [-0.3, -0.25) is 0 Å². The molecule has 2 heterocycles. The molecule has 2 aliphatic rings. The van der Waals surface area contributed by atoms with E-state index in [1.807, 2.05) is 0 Å². The maximum atomic E-state index is 10.9. The fraction of sp³-hybridized carbons (Fsp3) is 1.00. The van der Waals surface area contributed by atoms with Crippen LogP contribution in [0.2, 0.25) is 0 Å². The van der Waals surface area contributed by atoms with Crippen molar-refractivity contribution in [2.45, 2.75) is 24.3 Å². The van der Waals surface area contributed by atoms with E-state index in [1.165, 1.54) is 0 Å². The maximum absolute atomic E-state index is 10.9. The van der Waals surface area contributed by atoms with Gasteiger partial charge < -0.3 is 19.9 Å². The summed E-state index contributed by atoms with van der Waals surface area (Å²) in [5.74, 6) is 0. The van der Waals surface area contributed by atoms with Crippen LogP contribution in [0.5, 0.6) is 0 Å². The Morgan fingerprint density at radius 3 is 2.59 bits per heavy atom. The van der Waals surface area contributed by atoms with Crippen LogP contribution in [0.4, 0.5) is 0 Å². The number of hydrogen-bond acceptors (Lipinski definition) is 6. The molecule has 0 spiro atoms. The van der Waals surface area contributed by atoms with Crippen molar-refractivity contribution in [2.75, 3.05) is 32.6 Å². The first-order valence-corrected chi connectivity index (χ1v) is 7.43. The normalized spacial score (nSPS) is 34.8. The molecule has 100 valence electrons. The van der Waals surface area contributed by atoms with Crippen LogP contribution in [0, 0.1) is 0 Å². The summed E-state index contributed by atoms with van der Waals surface area (Å²) in [4.78, 5) is 0. The SMILES string of the molecule is CS(=O)(=O)NC[C@H]1OC[C@@H](NC2COC2)[C@@H]1O. The lowest BCUT2D eigenvalue weighted by atomic mass is 10.1. The van der Waals surface area contributed by atoms with Crippen LogP contribution in [0.25, 0.3) is 0 Å². The lowest BCUT2D eigenvalue weighted by Gasteiger charge is -2.30. The molecule has 0 saturated carbocycles. The number of sulfonamides is 1. The van der Waals surface area contributed by atoms with Crippen molar-refractivity contribution in [1.29, 1.82) is 0 Å². The molecular weight excluding hydrogens is 248 g/mol. The number of hydrogen-bond donors (Lipinski definition) is 3. The van der Waals surface area contributed by atoms with Crippen LogP contribution >= 0.6 is 0 Å². The topological polar surface area (TPSA) is 96.9 Å². The standard InChI is InChI=1S/C9H18N2O5S/c1-17(13,14)10-2-8-9(12)7(5-16-8)11-6-3-15-4-6/h6-12H,2-5H2,1H3/t7-,8-,9+/m1/s1. The van der Waals surface area contributed by atoms with Gasteiger partial charge in [0.2, 0.25) is 10.0 Å². The first kappa shape index (κ1) is 13.2. The summed E-state index contributed by atoms with van der Waals surface area (Å²) >= 11 is 0. The lowest BCUT2D eigenvalue weighted by Crippen LogP contribution is -2.54. The van der Waals surface area contributed by atoms with E-state index in [-0.39, 0.29) is 18.6 Å². The number of rotatable bonds is 5. The van der Waals surface area contributed by atoms with Crippen molar-refractivity contribution in [1.82, 2.24) is 10.0 Å². The van der Waals surface area contributed by atoms with E-state index in [0.717, 1.165) is 6.26 Å². The van der Waals surface area contributed by atoms with Gasteiger partial charge >= 0.3 is 0 Å². The molecule has 2 rings (SSSR count). The highest BCUT2D eigenvalue weighted by atomic mass is 32.2. The summed E-state index contributed by atoms with van der Waals surface area (Å²) in [6.07, 6.45) is -0.122. The molecule has 7 nitrogen and oxygen atoms in total. The summed E-state index contributed by atoms with van der Waals surface area (Å²) in [7, 11) is -3.25. The van der Waals surface area contributed by atoms with Gasteiger partial charge in [-0.2, -0.15) is 0 Å². The third kappa shape index (κ3) is 3.60. The molecule has 0 aromatic rings. The van der Waals surface area contributed by atoms with Crippen molar-refractivity contribution >= 4 is 10.0 Å². The van der Waals surface area contributed by atoms with E-state index in [4.69, 9.17) is 9.47 Å². The van der Waals surface area contributed by atoms with Gasteiger partial charge in [0.15, 0.2) is 0 Å². The van der Waals surface area contributed by atoms with E-state index in [2.05, 4.69) is 10.0 Å². The third-order valence-corrected chi connectivity index (χ3v) is 3.61. The second-order valence-corrected chi connectivity index (χ2v) is 6.32. The van der Waals surface area contributed by atoms with Gasteiger partial charge in [-0.1, -0.05) is 0 Å². The minimum absolute atomic E-state index is 0.0966. The zero-order chi connectivity index (χ0) is 12.5. The molecule has 17 heavy (non-hydrogen) atoms. The molecule has 0 unspecified atom stereocenters. The van der Waals surface area contributed by atoms with E-state index >= 15 is 0 Å². The lowest BCUT2D eigenvalue weighted by molar-refractivity contribution is -0.0165. The first-order chi connectivity index (χ1) is 7.96. The van der Waals surface area contributed by atoms with Crippen LogP contribution < -0.4 is 10.0 Å². The predicted molar refractivity (Wildman–Crippen MR) is 60.1 cm³/mol. The van der Waals surface area contributed by atoms with Crippen LogP contribution in [-0.2, 0) is 19.5 Å². The molecule has 0 aliphatic carbocycles. The summed E-state index contributed by atoms with van der Waals surface area (Å²) in [5, 5.41) is 13.2. The van der Waals surface area contributed by atoms with E-state index < -0.39 is 22.2 Å². The van der Waals surface area contributed by atoms with Crippen LogP contribution in [0.15, 0.2) is 0 Å². The number of ether oxygens (including phenoxy) is 2. The summed E-state index contributed by atoms with van der Waals surface area (Å²) < 4.78 is 34.6. The number of aliphatic hydroxyl groups is 1. The van der Waals surface area contributed by atoms with Gasteiger partial charge in [0.1, 0.15) is 0 Å². The minimum Gasteiger partial charge on any atom is -0.389 e. The van der Waals surface area contributed by atoms with Crippen molar-refractivity contribution < 1.29 is 23.0 Å². The Bertz CT molecular complexity index is 356. The highest BCUT2D eigenvalue weighted by Crippen LogP contribution is 2.16. The summed E-state index contributed by atoms with van der Waals surface area (Å²) in [6, 6.07) is 0.107. The van der Waals surface area contributed by atoms with Gasteiger partial charge in [0.05, 0.1) is 50.4 Å². The molecule has 0 amide bonds. The zero-order valence-corrected chi connectivity index (χ0v) is 10.4. The molecular formula is C9H18N2O5S. The van der Waals surface area contributed by atoms with Crippen LogP contribution in [0.3, 0.4) is 0 Å². The van der Waals surface area contributed by atoms with E-state index in [1.54, 1.807) is 0 Å². The molecule has 8 heteroatoms. The molecule has 3 atom stereocenters. The van der Waals surface area contributed by atoms with Gasteiger partial charge in [-0.05, 0) is 0 Å². The second kappa shape index (κ2) is 5.17. The Labute approximate surface area is 101 Å². The fourth-order valence-corrected chi connectivity index (χ4v) is 2.35. The van der Waals surface area contributed by atoms with Crippen LogP contribution in [-0.4, -0.2) is 70.4 Å². The summed E-state index contributed by atoms with van der Waals surface area (Å²) in [6.45, 7) is 1.78. The average Bonchev–Trinajstić information content (AvgIpc) is 2.50. The number of aliphatic hydroxyl groups excluding tert-OH is 1. The third-order valence-electron chi connectivity index (χ3n) is 2.92. The molecule has 0 aromatic carbocycles. The molecule has 3 N–H and O–H groups in total. The Balaban J connectivity index is 1.77. The van der Waals surface area contributed by atoms with E-state index in [0.29, 0.717) is 19.8 Å². The fourth-order valence-electron chi connectivity index (χ4n) is 1.88. The molecule has 2 saturated heterocycles. The molecule has 2 aliphatic heterocycles. The quantitative estimate of drug-likeness (QED) is 0.516. The maximum Gasteiger partial charge on any atom is 0.208 e. The average molecular weight is 266 g/mol. The summed E-state index contributed by atoms with van der Waals surface area (Å²) in [5.41, 5.74) is 0. The van der Waals surface area contributed by atoms with Gasteiger partial charge in [0.25, 0.3) is 0 Å². The van der Waals surface area contributed by atoms with Crippen molar-refractivity contribution in [2.24, 2.45) is 0 Å². The smallest absolute Gasteiger partial charge is 0.208 e. The predicted octanol–water partition coefficient (Wildman–Crippen LogP) is -2.35. The first-order valence-electron chi connectivity index (χ1n) is 5.54. The van der Waals surface area contributed by atoms with Gasteiger partial charge in [-0.25, -0.2) is 13.1 Å². The monoisotopic (exact) mass is 266 g/mol. The van der Waals surface area contributed by atoms with Crippen molar-refractivity contribution in [3.8, 4) is 0 Å². The van der Waals surface area contributed by atoms with E-state index in [9.17, 15) is 13.5 Å². The van der Waals surface area contributed by atoms with Crippen molar-refractivity contribution in [3.63, 3.8) is 0 Å². The van der Waals surface area contributed by atoms with Crippen molar-refractivity contribution in [3.05, 3.63) is 0 Å². The Kier molecular flexibility index (Phi) is 4.01. The zero-order valence-electron chi connectivity index (χ0n) is 9.63. The molecule has 2 fully saturated rings. The highest BCUT2D eigenvalue weighted by Gasteiger charge is 2.38. The highest BCUT2D eigenvalue weighted by molar-refractivity contribution is 7.88. The molecule has 0 radical (unpaired) electrons. The minimum atomic E-state index is -3.25. The Morgan fingerprint density at radius 1 is 1.35 bits per heavy atom. The van der Waals surface area contributed by atoms with Crippen LogP contribution in [0.1, 0.15) is 0 Å². The second-order valence-electron chi connectivity index (χ2n) is 4.49. The Hall–Kier alpha value is -0.250. The largest absolute Gasteiger partial charge is 0.389 e. The number of nitrogens with one attached hydrogen (secondary N) is 2. The Morgan fingerprint density at radius 2 is 2.06 bits per heavy atom. The van der Waals surface area contributed by atoms with Gasteiger partial charge in [-0.15, -0.1) is 0 Å². The molecule has 0 aromatic heterocycles. The van der Waals surface area contributed by atoms with Gasteiger partial charge in [0, 0.05) is 6.54 Å². The molecule has 0 bridgehead atoms.